The van der Waals surface area contributed by atoms with Gasteiger partial charge in [-0.25, -0.2) is 18.6 Å². The molecule has 0 aliphatic heterocycles. The Bertz CT molecular complexity index is 1150. The third-order valence-corrected chi connectivity index (χ3v) is 4.93. The molecule has 0 spiro atoms. The van der Waals surface area contributed by atoms with Crippen molar-refractivity contribution in [2.24, 2.45) is 4.36 Å². The van der Waals surface area contributed by atoms with Crippen molar-refractivity contribution in [2.45, 2.75) is 11.1 Å². The summed E-state index contributed by atoms with van der Waals surface area (Å²) < 4.78 is 71.3. The van der Waals surface area contributed by atoms with Gasteiger partial charge in [-0.3, -0.25) is 4.79 Å². The van der Waals surface area contributed by atoms with Crippen LogP contribution >= 0.6 is 0 Å². The van der Waals surface area contributed by atoms with Crippen LogP contribution in [-0.2, 0) is 15.9 Å². The highest BCUT2D eigenvalue weighted by molar-refractivity contribution is 7.93. The summed E-state index contributed by atoms with van der Waals surface area (Å²) in [4.78, 5) is 22.5. The van der Waals surface area contributed by atoms with Crippen LogP contribution in [0, 0.1) is 5.82 Å². The van der Waals surface area contributed by atoms with Gasteiger partial charge in [0.1, 0.15) is 17.2 Å². The van der Waals surface area contributed by atoms with Crippen molar-refractivity contribution in [1.82, 2.24) is 20.1 Å². The zero-order valence-corrected chi connectivity index (χ0v) is 14.7. The summed E-state index contributed by atoms with van der Waals surface area (Å²) in [7, 11) is -3.40. The van der Waals surface area contributed by atoms with Crippen molar-refractivity contribution < 1.29 is 31.1 Å². The van der Waals surface area contributed by atoms with E-state index in [0.29, 0.717) is 0 Å². The maximum atomic E-state index is 13.8. The number of hydrogen-bond donors (Lipinski definition) is 0. The van der Waals surface area contributed by atoms with Crippen molar-refractivity contribution in [3.8, 4) is 11.5 Å². The fourth-order valence-electron chi connectivity index (χ4n) is 2.00. The third-order valence-electron chi connectivity index (χ3n) is 3.27. The number of alkyl halides is 3. The van der Waals surface area contributed by atoms with Crippen LogP contribution in [0.25, 0.3) is 11.5 Å². The Hall–Kier alpha value is -3.22. The second-order valence-corrected chi connectivity index (χ2v) is 7.56. The van der Waals surface area contributed by atoms with Crippen LogP contribution in [0.5, 0.6) is 0 Å². The zero-order valence-electron chi connectivity index (χ0n) is 13.8. The highest BCUT2D eigenvalue weighted by atomic mass is 32.2. The molecular weight excluding hydrogens is 406 g/mol. The summed E-state index contributed by atoms with van der Waals surface area (Å²) in [6, 6.07) is 5.14. The summed E-state index contributed by atoms with van der Waals surface area (Å²) in [5, 5.41) is 3.13. The minimum Gasteiger partial charge on any atom is -0.329 e. The van der Waals surface area contributed by atoms with E-state index in [1.165, 1.54) is 18.2 Å². The molecule has 0 saturated carbocycles. The first-order chi connectivity index (χ1) is 13.1. The fraction of sp³-hybridized carbons (Fsp3) is 0.133. The summed E-state index contributed by atoms with van der Waals surface area (Å²) in [5.74, 6) is -3.87. The fourth-order valence-corrected chi connectivity index (χ4v) is 3.27. The number of amides is 1. The first-order valence-corrected chi connectivity index (χ1v) is 9.24. The van der Waals surface area contributed by atoms with Gasteiger partial charge in [-0.2, -0.15) is 22.5 Å². The van der Waals surface area contributed by atoms with Gasteiger partial charge in [0.25, 0.3) is 0 Å². The lowest BCUT2D eigenvalue weighted by Crippen LogP contribution is -2.07. The van der Waals surface area contributed by atoms with Gasteiger partial charge in [0, 0.05) is 6.26 Å². The van der Waals surface area contributed by atoms with Crippen molar-refractivity contribution >= 4 is 15.6 Å². The molecule has 3 aromatic rings. The van der Waals surface area contributed by atoms with Gasteiger partial charge in [-0.1, -0.05) is 17.3 Å². The van der Waals surface area contributed by atoms with Gasteiger partial charge in [0.2, 0.25) is 5.82 Å². The van der Waals surface area contributed by atoms with E-state index in [-0.39, 0.29) is 16.3 Å². The number of hydrogen-bond acceptors (Lipinski definition) is 7. The molecule has 0 aliphatic rings. The van der Waals surface area contributed by atoms with Gasteiger partial charge in [-0.15, -0.1) is 0 Å². The Labute approximate surface area is 154 Å². The summed E-state index contributed by atoms with van der Waals surface area (Å²) in [5.41, 5.74) is -0.545. The topological polar surface area (TPSA) is 111 Å². The number of carbonyl (C=O) groups is 1. The molecule has 0 saturated heterocycles. The van der Waals surface area contributed by atoms with Gasteiger partial charge in [-0.05, 0) is 12.1 Å². The lowest BCUT2D eigenvalue weighted by Gasteiger charge is -2.04. The van der Waals surface area contributed by atoms with E-state index in [9.17, 15) is 26.6 Å². The Morgan fingerprint density at radius 2 is 1.89 bits per heavy atom. The Balaban J connectivity index is 1.87. The zero-order chi connectivity index (χ0) is 20.5. The Morgan fingerprint density at radius 3 is 2.46 bits per heavy atom. The highest BCUT2D eigenvalue weighted by Crippen LogP contribution is 2.28. The van der Waals surface area contributed by atoms with Crippen LogP contribution in [0.1, 0.15) is 16.4 Å². The molecule has 2 aromatic heterocycles. The average Bonchev–Trinajstić information content (AvgIpc) is 3.12. The standard InChI is InChI=1S/C15H9F4N5O3S/c1-28(26,11-5-3-2-4-8(11)16)24-13(25)10-7-20-9(6-21-10)12-22-14(27-23-12)15(17,18)19/h2-7H,1H3. The number of nitrogens with zero attached hydrogens (tertiary/aromatic N) is 5. The second kappa shape index (κ2) is 7.07. The molecule has 8 nitrogen and oxygen atoms in total. The molecule has 28 heavy (non-hydrogen) atoms. The lowest BCUT2D eigenvalue weighted by atomic mass is 10.3. The van der Waals surface area contributed by atoms with Gasteiger partial charge >= 0.3 is 18.0 Å². The minimum absolute atomic E-state index is 0.192. The summed E-state index contributed by atoms with van der Waals surface area (Å²) in [6.45, 7) is 0. The molecule has 146 valence electrons. The predicted octanol–water partition coefficient (Wildman–Crippen LogP) is 2.98. The Morgan fingerprint density at radius 1 is 1.18 bits per heavy atom. The molecule has 1 atom stereocenters. The number of carbonyl (C=O) groups excluding carboxylic acids is 1. The van der Waals surface area contributed by atoms with Crippen LogP contribution in [0.15, 0.2) is 50.4 Å². The predicted molar refractivity (Wildman–Crippen MR) is 85.8 cm³/mol. The minimum atomic E-state index is -4.82. The first kappa shape index (κ1) is 19.5. The van der Waals surface area contributed by atoms with Gasteiger partial charge in [0.15, 0.2) is 0 Å². The average molecular weight is 415 g/mol. The summed E-state index contributed by atoms with van der Waals surface area (Å²) >= 11 is 0. The van der Waals surface area contributed by atoms with Crippen molar-refractivity contribution in [3.05, 3.63) is 54.1 Å². The van der Waals surface area contributed by atoms with Crippen LogP contribution in [0.3, 0.4) is 0 Å². The number of benzene rings is 1. The highest BCUT2D eigenvalue weighted by Gasteiger charge is 2.38. The molecule has 13 heteroatoms. The van der Waals surface area contributed by atoms with E-state index in [1.54, 1.807) is 0 Å². The van der Waals surface area contributed by atoms with Crippen molar-refractivity contribution in [1.29, 1.82) is 0 Å². The first-order valence-electron chi connectivity index (χ1n) is 7.32. The summed E-state index contributed by atoms with van der Waals surface area (Å²) in [6.07, 6.45) is -1.92. The maximum absolute atomic E-state index is 13.8. The van der Waals surface area contributed by atoms with E-state index in [1.807, 2.05) is 0 Å². The molecule has 0 aliphatic carbocycles. The van der Waals surface area contributed by atoms with E-state index in [0.717, 1.165) is 24.7 Å². The number of rotatable bonds is 3. The molecule has 2 heterocycles. The SMILES string of the molecule is CS(=O)(=NC(=O)c1cnc(-c2noc(C(F)(F)F)n2)cn1)c1ccccc1F. The molecule has 0 bridgehead atoms. The molecule has 0 fully saturated rings. The van der Waals surface area contributed by atoms with Crippen molar-refractivity contribution in [3.63, 3.8) is 0 Å². The largest absolute Gasteiger partial charge is 0.471 e. The normalized spacial score (nSPS) is 13.8. The Kier molecular flexibility index (Phi) is 4.93. The van der Waals surface area contributed by atoms with Crippen LogP contribution in [0.4, 0.5) is 17.6 Å². The van der Waals surface area contributed by atoms with Gasteiger partial charge < -0.3 is 4.52 Å². The second-order valence-electron chi connectivity index (χ2n) is 5.34. The van der Waals surface area contributed by atoms with Crippen molar-refractivity contribution in [2.75, 3.05) is 6.26 Å². The maximum Gasteiger partial charge on any atom is 0.471 e. The molecule has 1 amide bonds. The van der Waals surface area contributed by atoms with E-state index >= 15 is 0 Å². The molecule has 0 N–H and O–H groups in total. The number of halogens is 4. The van der Waals surface area contributed by atoms with E-state index < -0.39 is 39.3 Å². The lowest BCUT2D eigenvalue weighted by molar-refractivity contribution is -0.159. The molecule has 3 rings (SSSR count). The molecule has 1 unspecified atom stereocenters. The van der Waals surface area contributed by atoms with Gasteiger partial charge in [0.05, 0.1) is 27.0 Å². The monoisotopic (exact) mass is 415 g/mol. The molecular formula is C15H9F4N5O3S. The van der Waals surface area contributed by atoms with Crippen LogP contribution in [0.2, 0.25) is 0 Å². The number of aromatic nitrogens is 4. The van der Waals surface area contributed by atoms with Crippen LogP contribution in [-0.4, -0.2) is 36.5 Å². The smallest absolute Gasteiger partial charge is 0.329 e. The van der Waals surface area contributed by atoms with E-state index in [2.05, 4.69) is 29.0 Å². The molecule has 0 radical (unpaired) electrons. The third kappa shape index (κ3) is 4.03. The molecule has 1 aromatic carbocycles. The van der Waals surface area contributed by atoms with Crippen LogP contribution < -0.4 is 0 Å². The quantitative estimate of drug-likeness (QED) is 0.605. The van der Waals surface area contributed by atoms with E-state index in [4.69, 9.17) is 0 Å².